The molecule has 0 saturated heterocycles. The molecule has 0 aliphatic carbocycles. The van der Waals surface area contributed by atoms with Gasteiger partial charge in [0.1, 0.15) is 0 Å². The molecule has 0 spiro atoms. The van der Waals surface area contributed by atoms with Crippen molar-refractivity contribution in [2.75, 3.05) is 4.90 Å². The number of hydrogen-bond donors (Lipinski definition) is 0. The number of hydrogen-bond acceptors (Lipinski definition) is 2. The van der Waals surface area contributed by atoms with Crippen LogP contribution in [0.5, 0.6) is 0 Å². The number of carbonyl (C=O) groups excluding carboxylic acids is 1. The van der Waals surface area contributed by atoms with Crippen LogP contribution in [0.1, 0.15) is 25.3 Å². The number of carbonyl (C=O) groups is 1. The van der Waals surface area contributed by atoms with Crippen LogP contribution in [0.25, 0.3) is 0 Å². The van der Waals surface area contributed by atoms with Crippen LogP contribution in [-0.2, 0) is 11.3 Å². The fourth-order valence-corrected chi connectivity index (χ4v) is 2.09. The van der Waals surface area contributed by atoms with E-state index in [4.69, 9.17) is 11.6 Å². The molecule has 3 nitrogen and oxygen atoms in total. The first kappa shape index (κ1) is 14.5. The summed E-state index contributed by atoms with van der Waals surface area (Å²) < 4.78 is 0. The molecule has 1 heterocycles. The van der Waals surface area contributed by atoms with Gasteiger partial charge in [0.05, 0.1) is 6.54 Å². The maximum absolute atomic E-state index is 12.3. The Kier molecular flexibility index (Phi) is 5.13. The highest BCUT2D eigenvalue weighted by molar-refractivity contribution is 6.30. The monoisotopic (exact) mass is 288 g/mol. The van der Waals surface area contributed by atoms with Gasteiger partial charge < -0.3 is 4.90 Å². The van der Waals surface area contributed by atoms with Crippen molar-refractivity contribution in [3.63, 3.8) is 0 Å². The minimum absolute atomic E-state index is 0.110. The maximum atomic E-state index is 12.3. The summed E-state index contributed by atoms with van der Waals surface area (Å²) >= 11 is 5.90. The van der Waals surface area contributed by atoms with Crippen molar-refractivity contribution in [1.29, 1.82) is 0 Å². The summed E-state index contributed by atoms with van der Waals surface area (Å²) in [5.74, 6) is 0.110. The van der Waals surface area contributed by atoms with Crippen LogP contribution >= 0.6 is 11.6 Å². The lowest BCUT2D eigenvalue weighted by atomic mass is 10.2. The van der Waals surface area contributed by atoms with Gasteiger partial charge in [-0.15, -0.1) is 0 Å². The minimum Gasteiger partial charge on any atom is -0.308 e. The molecule has 2 aromatic rings. The van der Waals surface area contributed by atoms with Gasteiger partial charge in [0.15, 0.2) is 0 Å². The largest absolute Gasteiger partial charge is 0.308 e. The second kappa shape index (κ2) is 7.06. The van der Waals surface area contributed by atoms with Crippen LogP contribution in [0.4, 0.5) is 5.69 Å². The predicted octanol–water partition coefficient (Wildman–Crippen LogP) is 4.07. The van der Waals surface area contributed by atoms with Crippen LogP contribution < -0.4 is 4.90 Å². The third kappa shape index (κ3) is 3.81. The lowest BCUT2D eigenvalue weighted by Crippen LogP contribution is -2.30. The first-order valence-corrected chi connectivity index (χ1v) is 7.03. The van der Waals surface area contributed by atoms with Gasteiger partial charge in [-0.3, -0.25) is 9.78 Å². The Bertz CT molecular complexity index is 554. The Morgan fingerprint density at radius 2 is 2.00 bits per heavy atom. The first-order chi connectivity index (χ1) is 9.70. The molecule has 1 aromatic carbocycles. The van der Waals surface area contributed by atoms with Gasteiger partial charge in [-0.2, -0.15) is 0 Å². The van der Waals surface area contributed by atoms with Crippen LogP contribution in [0.3, 0.4) is 0 Å². The molecule has 0 unspecified atom stereocenters. The number of aromatic nitrogens is 1. The topological polar surface area (TPSA) is 33.2 Å². The summed E-state index contributed by atoms with van der Waals surface area (Å²) in [6.45, 7) is 2.52. The molecule has 0 saturated carbocycles. The molecular weight excluding hydrogens is 272 g/mol. The van der Waals surface area contributed by atoms with Gasteiger partial charge in [0.2, 0.25) is 5.91 Å². The van der Waals surface area contributed by atoms with E-state index in [0.29, 0.717) is 18.0 Å². The third-order valence-corrected chi connectivity index (χ3v) is 3.22. The van der Waals surface area contributed by atoms with Crippen molar-refractivity contribution in [1.82, 2.24) is 4.98 Å². The molecule has 104 valence electrons. The lowest BCUT2D eigenvalue weighted by molar-refractivity contribution is -0.118. The van der Waals surface area contributed by atoms with Gasteiger partial charge in [0.25, 0.3) is 0 Å². The van der Waals surface area contributed by atoms with E-state index in [1.54, 1.807) is 29.4 Å². The Balaban J connectivity index is 2.25. The van der Waals surface area contributed by atoms with E-state index in [1.807, 2.05) is 31.2 Å². The zero-order valence-electron chi connectivity index (χ0n) is 11.4. The molecule has 2 rings (SSSR count). The molecule has 0 bridgehead atoms. The van der Waals surface area contributed by atoms with Crippen LogP contribution in [0.2, 0.25) is 5.02 Å². The van der Waals surface area contributed by atoms with Crippen LogP contribution in [0, 0.1) is 0 Å². The molecule has 1 aromatic heterocycles. The zero-order valence-corrected chi connectivity index (χ0v) is 12.2. The first-order valence-electron chi connectivity index (χ1n) is 6.65. The van der Waals surface area contributed by atoms with Crippen molar-refractivity contribution in [3.8, 4) is 0 Å². The summed E-state index contributed by atoms with van der Waals surface area (Å²) in [5, 5.41) is 0.665. The van der Waals surface area contributed by atoms with E-state index in [9.17, 15) is 4.79 Å². The quantitative estimate of drug-likeness (QED) is 0.831. The van der Waals surface area contributed by atoms with Gasteiger partial charge >= 0.3 is 0 Å². The fraction of sp³-hybridized carbons (Fsp3) is 0.250. The molecule has 0 atom stereocenters. The van der Waals surface area contributed by atoms with E-state index in [0.717, 1.165) is 17.7 Å². The van der Waals surface area contributed by atoms with Crippen molar-refractivity contribution in [2.24, 2.45) is 0 Å². The molecule has 1 amide bonds. The minimum atomic E-state index is 0.110. The molecule has 0 radical (unpaired) electrons. The number of benzene rings is 1. The van der Waals surface area contributed by atoms with Gasteiger partial charge in [-0.1, -0.05) is 24.6 Å². The smallest absolute Gasteiger partial charge is 0.227 e. The fourth-order valence-electron chi connectivity index (χ4n) is 1.97. The molecule has 0 N–H and O–H groups in total. The summed E-state index contributed by atoms with van der Waals surface area (Å²) in [7, 11) is 0. The second-order valence-electron chi connectivity index (χ2n) is 4.57. The van der Waals surface area contributed by atoms with Crippen LogP contribution in [-0.4, -0.2) is 10.9 Å². The van der Waals surface area contributed by atoms with Gasteiger partial charge in [0, 0.05) is 29.5 Å². The highest BCUT2D eigenvalue weighted by Gasteiger charge is 2.15. The van der Waals surface area contributed by atoms with Crippen molar-refractivity contribution < 1.29 is 4.79 Å². The number of pyridine rings is 1. The molecule has 0 aliphatic heterocycles. The zero-order chi connectivity index (χ0) is 14.4. The number of halogens is 1. The Morgan fingerprint density at radius 3 is 2.60 bits per heavy atom. The molecular formula is C16H17ClN2O. The standard InChI is InChI=1S/C16H17ClN2O/c1-2-4-16(20)19(12-13-5-3-10-18-11-13)15-8-6-14(17)7-9-15/h3,5-11H,2,4,12H2,1H3. The number of amides is 1. The maximum Gasteiger partial charge on any atom is 0.227 e. The highest BCUT2D eigenvalue weighted by atomic mass is 35.5. The summed E-state index contributed by atoms with van der Waals surface area (Å²) in [6, 6.07) is 11.2. The van der Waals surface area contributed by atoms with Crippen LogP contribution in [0.15, 0.2) is 48.8 Å². The summed E-state index contributed by atoms with van der Waals surface area (Å²) in [6.07, 6.45) is 4.87. The molecule has 0 aliphatic rings. The second-order valence-corrected chi connectivity index (χ2v) is 5.00. The lowest BCUT2D eigenvalue weighted by Gasteiger charge is -2.23. The van der Waals surface area contributed by atoms with Crippen molar-refractivity contribution in [3.05, 3.63) is 59.4 Å². The average Bonchev–Trinajstić information content (AvgIpc) is 2.47. The van der Waals surface area contributed by atoms with Crippen molar-refractivity contribution in [2.45, 2.75) is 26.3 Å². The van der Waals surface area contributed by atoms with E-state index in [1.165, 1.54) is 0 Å². The molecule has 20 heavy (non-hydrogen) atoms. The number of anilines is 1. The van der Waals surface area contributed by atoms with E-state index in [2.05, 4.69) is 4.98 Å². The highest BCUT2D eigenvalue weighted by Crippen LogP contribution is 2.21. The van der Waals surface area contributed by atoms with Gasteiger partial charge in [-0.25, -0.2) is 0 Å². The number of rotatable bonds is 5. The SMILES string of the molecule is CCCC(=O)N(Cc1cccnc1)c1ccc(Cl)cc1. The van der Waals surface area contributed by atoms with Crippen molar-refractivity contribution >= 4 is 23.2 Å². The Hall–Kier alpha value is -1.87. The Morgan fingerprint density at radius 1 is 1.25 bits per heavy atom. The average molecular weight is 289 g/mol. The van der Waals surface area contributed by atoms with E-state index in [-0.39, 0.29) is 5.91 Å². The molecule has 4 heteroatoms. The van der Waals surface area contributed by atoms with E-state index < -0.39 is 0 Å². The number of nitrogens with zero attached hydrogens (tertiary/aromatic N) is 2. The normalized spacial score (nSPS) is 10.3. The predicted molar refractivity (Wildman–Crippen MR) is 81.8 cm³/mol. The summed E-state index contributed by atoms with van der Waals surface area (Å²) in [5.41, 5.74) is 1.86. The Labute approximate surface area is 124 Å². The third-order valence-electron chi connectivity index (χ3n) is 2.97. The molecule has 0 fully saturated rings. The van der Waals surface area contributed by atoms with Gasteiger partial charge in [-0.05, 0) is 42.3 Å². The summed E-state index contributed by atoms with van der Waals surface area (Å²) in [4.78, 5) is 18.2. The van der Waals surface area contributed by atoms with E-state index >= 15 is 0 Å².